The summed E-state index contributed by atoms with van der Waals surface area (Å²) >= 11 is 2.14. The zero-order valence-electron chi connectivity index (χ0n) is 9.51. The van der Waals surface area contributed by atoms with Crippen LogP contribution in [-0.2, 0) is 9.53 Å². The van der Waals surface area contributed by atoms with Crippen LogP contribution in [-0.4, -0.2) is 13.1 Å². The van der Waals surface area contributed by atoms with Crippen molar-refractivity contribution in [3.63, 3.8) is 0 Å². The smallest absolute Gasteiger partial charge is 0.344 e. The molecule has 0 aromatic heterocycles. The van der Waals surface area contributed by atoms with E-state index in [0.717, 1.165) is 10.0 Å². The van der Waals surface area contributed by atoms with E-state index in [1.54, 1.807) is 0 Å². The topological polar surface area (TPSA) is 26.3 Å². The average Bonchev–Trinajstić information content (AvgIpc) is 2.30. The average molecular weight is 322 g/mol. The summed E-state index contributed by atoms with van der Waals surface area (Å²) in [7, 11) is 1.45. The number of ether oxygens (including phenoxy) is 1. The predicted octanol–water partition coefficient (Wildman–Crippen LogP) is 3.84. The van der Waals surface area contributed by atoms with Gasteiger partial charge < -0.3 is 4.74 Å². The van der Waals surface area contributed by atoms with Crippen molar-refractivity contribution in [1.29, 1.82) is 0 Å². The summed E-state index contributed by atoms with van der Waals surface area (Å²) in [5.74, 6) is 0.452. The fourth-order valence-electron chi connectivity index (χ4n) is 2.29. The van der Waals surface area contributed by atoms with Crippen LogP contribution in [0.2, 0.25) is 0 Å². The molecular formula is C12H19IO2. The van der Waals surface area contributed by atoms with E-state index in [4.69, 9.17) is 4.74 Å². The van der Waals surface area contributed by atoms with Crippen LogP contribution in [0.1, 0.15) is 45.4 Å². The summed E-state index contributed by atoms with van der Waals surface area (Å²) in [6, 6.07) is 0. The first kappa shape index (κ1) is 13.0. The molecule has 1 saturated carbocycles. The van der Waals surface area contributed by atoms with Crippen molar-refractivity contribution in [1.82, 2.24) is 0 Å². The Balaban J connectivity index is 2.79. The highest BCUT2D eigenvalue weighted by molar-refractivity contribution is 14.1. The lowest BCUT2D eigenvalue weighted by molar-refractivity contribution is -0.135. The van der Waals surface area contributed by atoms with Gasteiger partial charge in [0.15, 0.2) is 0 Å². The molecule has 86 valence electrons. The molecular weight excluding hydrogens is 303 g/mol. The number of methoxy groups -OCH3 is 1. The second kappa shape index (κ2) is 6.51. The van der Waals surface area contributed by atoms with Crippen molar-refractivity contribution < 1.29 is 9.53 Å². The molecule has 0 spiro atoms. The quantitative estimate of drug-likeness (QED) is 0.448. The lowest BCUT2D eigenvalue weighted by Crippen LogP contribution is -2.13. The molecule has 2 nitrogen and oxygen atoms in total. The van der Waals surface area contributed by atoms with Crippen molar-refractivity contribution in [2.75, 3.05) is 7.11 Å². The Hall–Kier alpha value is -0.0600. The molecule has 0 aromatic rings. The first-order valence-electron chi connectivity index (χ1n) is 5.67. The molecule has 1 fully saturated rings. The summed E-state index contributed by atoms with van der Waals surface area (Å²) in [6.45, 7) is 2.13. The summed E-state index contributed by atoms with van der Waals surface area (Å²) in [4.78, 5) is 11.5. The molecule has 0 aliphatic heterocycles. The van der Waals surface area contributed by atoms with E-state index < -0.39 is 0 Å². The monoisotopic (exact) mass is 322 g/mol. The van der Waals surface area contributed by atoms with Crippen LogP contribution in [0.25, 0.3) is 0 Å². The zero-order chi connectivity index (χ0) is 11.3. The molecule has 0 saturated heterocycles. The largest absolute Gasteiger partial charge is 0.465 e. The number of hydrogen-bond acceptors (Lipinski definition) is 2. The van der Waals surface area contributed by atoms with E-state index >= 15 is 0 Å². The Labute approximate surface area is 106 Å². The maximum Gasteiger partial charge on any atom is 0.344 e. The number of halogens is 1. The Morgan fingerprint density at radius 1 is 1.33 bits per heavy atom. The molecule has 0 unspecified atom stereocenters. The summed E-state index contributed by atoms with van der Waals surface area (Å²) in [5.41, 5.74) is 1.31. The predicted molar refractivity (Wildman–Crippen MR) is 69.9 cm³/mol. The van der Waals surface area contributed by atoms with Gasteiger partial charge >= 0.3 is 5.97 Å². The minimum atomic E-state index is -0.168. The van der Waals surface area contributed by atoms with Crippen LogP contribution in [0, 0.1) is 5.92 Å². The third kappa shape index (κ3) is 3.47. The summed E-state index contributed by atoms with van der Waals surface area (Å²) in [5, 5.41) is 0. The Morgan fingerprint density at radius 3 is 2.40 bits per heavy atom. The van der Waals surface area contributed by atoms with Gasteiger partial charge in [0.25, 0.3) is 0 Å². The molecule has 0 heterocycles. The number of carbonyl (C=O) groups excluding carboxylic acids is 1. The summed E-state index contributed by atoms with van der Waals surface area (Å²) in [6.07, 6.45) is 7.41. The highest BCUT2D eigenvalue weighted by Crippen LogP contribution is 2.34. The maximum absolute atomic E-state index is 11.5. The Morgan fingerprint density at radius 2 is 1.93 bits per heavy atom. The number of carbonyl (C=O) groups is 1. The molecule has 1 rings (SSSR count). The molecule has 0 bridgehead atoms. The van der Waals surface area contributed by atoms with Gasteiger partial charge in [-0.3, -0.25) is 0 Å². The lowest BCUT2D eigenvalue weighted by atomic mass is 9.82. The molecule has 0 atom stereocenters. The van der Waals surface area contributed by atoms with Crippen molar-refractivity contribution in [2.24, 2.45) is 5.92 Å². The Bertz CT molecular complexity index is 252. The van der Waals surface area contributed by atoms with E-state index in [2.05, 4.69) is 29.5 Å². The minimum absolute atomic E-state index is 0.168. The summed E-state index contributed by atoms with van der Waals surface area (Å²) < 4.78 is 5.59. The van der Waals surface area contributed by atoms with Gasteiger partial charge in [-0.05, 0) is 53.3 Å². The van der Waals surface area contributed by atoms with Crippen LogP contribution in [0.15, 0.2) is 9.15 Å². The second-order valence-corrected chi connectivity index (χ2v) is 5.10. The fraction of sp³-hybridized carbons (Fsp3) is 0.750. The van der Waals surface area contributed by atoms with E-state index in [9.17, 15) is 4.79 Å². The zero-order valence-corrected chi connectivity index (χ0v) is 11.7. The van der Waals surface area contributed by atoms with Gasteiger partial charge in [0, 0.05) is 0 Å². The molecule has 3 heteroatoms. The minimum Gasteiger partial charge on any atom is -0.465 e. The molecule has 15 heavy (non-hydrogen) atoms. The van der Waals surface area contributed by atoms with E-state index in [0.29, 0.717) is 5.92 Å². The number of rotatable bonds is 3. The standard InChI is InChI=1S/C12H19IO2/c1-3-10(11(13)12(14)15-2)9-7-5-4-6-8-9/h9H,3-8H2,1-2H3/b11-10+. The third-order valence-corrected chi connectivity index (χ3v) is 4.26. The van der Waals surface area contributed by atoms with Crippen LogP contribution in [0.3, 0.4) is 0 Å². The third-order valence-electron chi connectivity index (χ3n) is 3.13. The molecule has 0 radical (unpaired) electrons. The number of esters is 1. The first-order valence-corrected chi connectivity index (χ1v) is 6.75. The van der Waals surface area contributed by atoms with Crippen LogP contribution < -0.4 is 0 Å². The molecule has 0 N–H and O–H groups in total. The van der Waals surface area contributed by atoms with Gasteiger partial charge in [0.2, 0.25) is 0 Å². The van der Waals surface area contributed by atoms with E-state index in [1.165, 1.54) is 44.8 Å². The molecule has 0 amide bonds. The highest BCUT2D eigenvalue weighted by atomic mass is 127. The number of allylic oxidation sites excluding steroid dienone is 1. The first-order chi connectivity index (χ1) is 7.20. The fourth-order valence-corrected chi connectivity index (χ4v) is 3.34. The van der Waals surface area contributed by atoms with Gasteiger partial charge in [-0.2, -0.15) is 0 Å². The van der Waals surface area contributed by atoms with Gasteiger partial charge in [0.05, 0.1) is 10.7 Å². The van der Waals surface area contributed by atoms with Gasteiger partial charge in [-0.15, -0.1) is 0 Å². The molecule has 0 aromatic carbocycles. The molecule has 1 aliphatic carbocycles. The second-order valence-electron chi connectivity index (χ2n) is 4.02. The van der Waals surface area contributed by atoms with Crippen LogP contribution in [0.5, 0.6) is 0 Å². The van der Waals surface area contributed by atoms with Crippen molar-refractivity contribution in [2.45, 2.75) is 45.4 Å². The van der Waals surface area contributed by atoms with E-state index in [1.807, 2.05) is 0 Å². The van der Waals surface area contributed by atoms with Crippen molar-refractivity contribution in [3.8, 4) is 0 Å². The highest BCUT2D eigenvalue weighted by Gasteiger charge is 2.21. The molecule has 1 aliphatic rings. The van der Waals surface area contributed by atoms with Gasteiger partial charge in [-0.1, -0.05) is 26.2 Å². The van der Waals surface area contributed by atoms with Crippen LogP contribution in [0.4, 0.5) is 0 Å². The van der Waals surface area contributed by atoms with Gasteiger partial charge in [0.1, 0.15) is 0 Å². The Kier molecular flexibility index (Phi) is 5.64. The number of hydrogen-bond donors (Lipinski definition) is 0. The lowest BCUT2D eigenvalue weighted by Gasteiger charge is -2.24. The van der Waals surface area contributed by atoms with Crippen molar-refractivity contribution in [3.05, 3.63) is 9.15 Å². The van der Waals surface area contributed by atoms with E-state index in [-0.39, 0.29) is 5.97 Å². The normalized spacial score (nSPS) is 19.7. The SMILES string of the molecule is CC/C(=C(\I)C(=O)OC)C1CCCCC1. The van der Waals surface area contributed by atoms with Gasteiger partial charge in [-0.25, -0.2) is 4.79 Å². The van der Waals surface area contributed by atoms with Crippen molar-refractivity contribution >= 4 is 28.6 Å². The maximum atomic E-state index is 11.5. The van der Waals surface area contributed by atoms with Crippen LogP contribution >= 0.6 is 22.6 Å².